The number of Topliss-reactive ketones (excluding diaryl/α,β-unsaturated/α-hetero) is 1. The number of fused-ring (bicyclic) bond motifs is 1. The largest absolute Gasteiger partial charge is 0.407 e. The second-order valence-corrected chi connectivity index (χ2v) is 7.16. The standard InChI is InChI=1S/C22H16F3N3O2/c1-21(30,13-28-8-7-16-9-15(12-26)4-6-19(16)28)20(29)11-14-3-5-18(27-2)17(10-14)22(23,24)25/h3-10,30H,11,13H2,1H3/t21-/m0/s1. The summed E-state index contributed by atoms with van der Waals surface area (Å²) in [6.07, 6.45) is -3.46. The molecule has 0 aliphatic rings. The molecule has 30 heavy (non-hydrogen) atoms. The highest BCUT2D eigenvalue weighted by atomic mass is 19.4. The fourth-order valence-corrected chi connectivity index (χ4v) is 3.22. The molecule has 0 fully saturated rings. The van der Waals surface area contributed by atoms with Crippen LogP contribution < -0.4 is 0 Å². The molecule has 1 N–H and O–H groups in total. The molecular formula is C22H16F3N3O2. The van der Waals surface area contributed by atoms with Gasteiger partial charge in [-0.2, -0.15) is 18.4 Å². The molecule has 0 spiro atoms. The average molecular weight is 411 g/mol. The van der Waals surface area contributed by atoms with Crippen LogP contribution in [0.3, 0.4) is 0 Å². The van der Waals surface area contributed by atoms with E-state index in [1.807, 2.05) is 6.07 Å². The van der Waals surface area contributed by atoms with E-state index in [0.29, 0.717) is 11.1 Å². The van der Waals surface area contributed by atoms with Gasteiger partial charge in [0.05, 0.1) is 30.3 Å². The molecular weight excluding hydrogens is 395 g/mol. The Hall–Kier alpha value is -3.62. The smallest absolute Gasteiger partial charge is 0.380 e. The van der Waals surface area contributed by atoms with Gasteiger partial charge in [-0.05, 0) is 36.8 Å². The average Bonchev–Trinajstić information content (AvgIpc) is 3.08. The topological polar surface area (TPSA) is 70.4 Å². The van der Waals surface area contributed by atoms with Gasteiger partial charge >= 0.3 is 6.18 Å². The number of carbonyl (C=O) groups is 1. The summed E-state index contributed by atoms with van der Waals surface area (Å²) in [4.78, 5) is 15.5. The molecule has 3 rings (SSSR count). The van der Waals surface area contributed by atoms with Gasteiger partial charge in [-0.3, -0.25) is 4.79 Å². The molecule has 5 nitrogen and oxygen atoms in total. The molecule has 2 aromatic carbocycles. The molecule has 1 aromatic heterocycles. The highest BCUT2D eigenvalue weighted by Crippen LogP contribution is 2.37. The van der Waals surface area contributed by atoms with E-state index in [9.17, 15) is 23.1 Å². The van der Waals surface area contributed by atoms with E-state index in [1.54, 1.807) is 35.0 Å². The molecule has 0 aliphatic heterocycles. The van der Waals surface area contributed by atoms with Crippen LogP contribution in [0.4, 0.5) is 18.9 Å². The Morgan fingerprint density at radius 1 is 1.23 bits per heavy atom. The number of carbonyl (C=O) groups excluding carboxylic acids is 1. The summed E-state index contributed by atoms with van der Waals surface area (Å²) in [7, 11) is 0. The Morgan fingerprint density at radius 3 is 2.60 bits per heavy atom. The first kappa shape index (κ1) is 21.1. The Labute approximate surface area is 170 Å². The predicted molar refractivity (Wildman–Crippen MR) is 104 cm³/mol. The first-order valence-electron chi connectivity index (χ1n) is 8.87. The van der Waals surface area contributed by atoms with Crippen molar-refractivity contribution in [1.82, 2.24) is 4.57 Å². The van der Waals surface area contributed by atoms with E-state index in [2.05, 4.69) is 4.85 Å². The summed E-state index contributed by atoms with van der Waals surface area (Å²) in [6, 6.07) is 11.9. The number of benzene rings is 2. The molecule has 0 unspecified atom stereocenters. The number of nitrogens with zero attached hydrogens (tertiary/aromatic N) is 3. The molecule has 152 valence electrons. The minimum Gasteiger partial charge on any atom is -0.380 e. The second kappa shape index (κ2) is 7.66. The van der Waals surface area contributed by atoms with Crippen LogP contribution in [0.25, 0.3) is 15.7 Å². The summed E-state index contributed by atoms with van der Waals surface area (Å²) in [5, 5.41) is 20.5. The van der Waals surface area contributed by atoms with Gasteiger partial charge in [0.1, 0.15) is 5.60 Å². The highest BCUT2D eigenvalue weighted by Gasteiger charge is 2.35. The van der Waals surface area contributed by atoms with E-state index < -0.39 is 35.2 Å². The third-order valence-corrected chi connectivity index (χ3v) is 4.83. The first-order chi connectivity index (χ1) is 14.0. The van der Waals surface area contributed by atoms with Crippen molar-refractivity contribution in [1.29, 1.82) is 5.26 Å². The molecule has 8 heteroatoms. The van der Waals surface area contributed by atoms with Gasteiger partial charge in [-0.15, -0.1) is 0 Å². The minimum absolute atomic E-state index is 0.0658. The van der Waals surface area contributed by atoms with Gasteiger partial charge in [0.2, 0.25) is 0 Å². The first-order valence-corrected chi connectivity index (χ1v) is 8.87. The lowest BCUT2D eigenvalue weighted by atomic mass is 9.94. The number of halogens is 3. The van der Waals surface area contributed by atoms with Gasteiger partial charge in [-0.25, -0.2) is 4.85 Å². The summed E-state index contributed by atoms with van der Waals surface area (Å²) >= 11 is 0. The maximum absolute atomic E-state index is 13.1. The third-order valence-electron chi connectivity index (χ3n) is 4.83. The quantitative estimate of drug-likeness (QED) is 0.622. The zero-order valence-corrected chi connectivity index (χ0v) is 15.9. The zero-order valence-electron chi connectivity index (χ0n) is 15.9. The Balaban J connectivity index is 1.83. The molecule has 0 saturated heterocycles. The fourth-order valence-electron chi connectivity index (χ4n) is 3.22. The number of aromatic nitrogens is 1. The molecule has 0 aliphatic carbocycles. The number of hydrogen-bond donors (Lipinski definition) is 1. The SMILES string of the molecule is [C-]#[N+]c1ccc(CC(=O)[C@@](C)(O)Cn2ccc3cc(C#N)ccc32)cc1C(F)(F)F. The number of nitriles is 1. The lowest BCUT2D eigenvalue weighted by Gasteiger charge is -2.23. The molecule has 0 saturated carbocycles. The van der Waals surface area contributed by atoms with Crippen molar-refractivity contribution in [2.45, 2.75) is 31.7 Å². The molecule has 0 amide bonds. The normalized spacial score (nSPS) is 13.4. The predicted octanol–water partition coefficient (Wildman–Crippen LogP) is 4.65. The van der Waals surface area contributed by atoms with Crippen LogP contribution in [0, 0.1) is 17.9 Å². The van der Waals surface area contributed by atoms with Crippen LogP contribution in [-0.2, 0) is 23.9 Å². The number of rotatable bonds is 5. The van der Waals surface area contributed by atoms with Crippen LogP contribution in [0.2, 0.25) is 0 Å². The molecule has 3 aromatic rings. The van der Waals surface area contributed by atoms with E-state index in [4.69, 9.17) is 11.8 Å². The van der Waals surface area contributed by atoms with Crippen molar-refractivity contribution in [3.05, 3.63) is 76.8 Å². The summed E-state index contributed by atoms with van der Waals surface area (Å²) in [6.45, 7) is 8.08. The molecule has 0 bridgehead atoms. The van der Waals surface area contributed by atoms with Crippen LogP contribution in [0.5, 0.6) is 0 Å². The Bertz CT molecular complexity index is 1210. The van der Waals surface area contributed by atoms with E-state index in [-0.39, 0.29) is 12.1 Å². The third kappa shape index (κ3) is 4.19. The number of aliphatic hydroxyl groups is 1. The lowest BCUT2D eigenvalue weighted by molar-refractivity contribution is -0.138. The van der Waals surface area contributed by atoms with Crippen molar-refractivity contribution < 1.29 is 23.1 Å². The minimum atomic E-state index is -4.71. The highest BCUT2D eigenvalue weighted by molar-refractivity contribution is 5.89. The van der Waals surface area contributed by atoms with Gasteiger partial charge in [0.25, 0.3) is 0 Å². The zero-order chi connectivity index (χ0) is 22.1. The molecule has 0 radical (unpaired) electrons. The van der Waals surface area contributed by atoms with Crippen LogP contribution >= 0.6 is 0 Å². The summed E-state index contributed by atoms with van der Waals surface area (Å²) in [5.74, 6) is -0.651. The van der Waals surface area contributed by atoms with Crippen molar-refractivity contribution in [3.63, 3.8) is 0 Å². The second-order valence-electron chi connectivity index (χ2n) is 7.16. The Kier molecular flexibility index (Phi) is 5.39. The van der Waals surface area contributed by atoms with Gasteiger partial charge in [0.15, 0.2) is 11.5 Å². The molecule has 1 heterocycles. The van der Waals surface area contributed by atoms with E-state index in [0.717, 1.165) is 17.5 Å². The van der Waals surface area contributed by atoms with Gasteiger partial charge in [0, 0.05) is 23.5 Å². The monoisotopic (exact) mass is 411 g/mol. The van der Waals surface area contributed by atoms with Crippen LogP contribution in [0.1, 0.15) is 23.6 Å². The van der Waals surface area contributed by atoms with E-state index >= 15 is 0 Å². The maximum Gasteiger partial charge on any atom is 0.407 e. The van der Waals surface area contributed by atoms with Crippen molar-refractivity contribution in [3.8, 4) is 6.07 Å². The van der Waals surface area contributed by atoms with Crippen molar-refractivity contribution >= 4 is 22.4 Å². The summed E-state index contributed by atoms with van der Waals surface area (Å²) < 4.78 is 41.1. The molecule has 1 atom stereocenters. The van der Waals surface area contributed by atoms with Crippen molar-refractivity contribution in [2.75, 3.05) is 0 Å². The summed E-state index contributed by atoms with van der Waals surface area (Å²) in [5.41, 5.74) is -2.23. The lowest BCUT2D eigenvalue weighted by Crippen LogP contribution is -2.40. The number of alkyl halides is 3. The number of hydrogen-bond acceptors (Lipinski definition) is 3. The van der Waals surface area contributed by atoms with E-state index in [1.165, 1.54) is 13.0 Å². The van der Waals surface area contributed by atoms with Crippen LogP contribution in [0.15, 0.2) is 48.7 Å². The van der Waals surface area contributed by atoms with Gasteiger partial charge in [-0.1, -0.05) is 18.2 Å². The fraction of sp³-hybridized carbons (Fsp3) is 0.227. The van der Waals surface area contributed by atoms with Crippen molar-refractivity contribution in [2.24, 2.45) is 0 Å². The van der Waals surface area contributed by atoms with Crippen LogP contribution in [-0.4, -0.2) is 21.1 Å². The Morgan fingerprint density at radius 2 is 1.97 bits per heavy atom. The number of ketones is 1. The van der Waals surface area contributed by atoms with Gasteiger partial charge < -0.3 is 9.67 Å². The maximum atomic E-state index is 13.1.